The Kier molecular flexibility index (Phi) is 8.44. The van der Waals surface area contributed by atoms with E-state index in [0.29, 0.717) is 35.7 Å². The minimum Gasteiger partial charge on any atom is -0.390 e. The summed E-state index contributed by atoms with van der Waals surface area (Å²) in [5.41, 5.74) is 4.83. The fourth-order valence-electron chi connectivity index (χ4n) is 6.50. The van der Waals surface area contributed by atoms with Crippen molar-refractivity contribution in [2.75, 3.05) is 51.4 Å². The second kappa shape index (κ2) is 12.0. The van der Waals surface area contributed by atoms with Crippen LogP contribution in [0, 0.1) is 0 Å². The van der Waals surface area contributed by atoms with Gasteiger partial charge in [0.1, 0.15) is 5.82 Å². The number of hydrogen-bond acceptors (Lipinski definition) is 7. The highest BCUT2D eigenvalue weighted by atomic mass is 32.2. The molecular weight excluding hydrogens is 607 g/mol. The Morgan fingerprint density at radius 2 is 1.78 bits per heavy atom. The van der Waals surface area contributed by atoms with E-state index in [2.05, 4.69) is 22.1 Å². The van der Waals surface area contributed by atoms with Gasteiger partial charge in [-0.15, -0.1) is 0 Å². The van der Waals surface area contributed by atoms with E-state index in [9.17, 15) is 26.7 Å². The Labute approximate surface area is 260 Å². The number of H-pyrrole nitrogens is 1. The van der Waals surface area contributed by atoms with E-state index >= 15 is 0 Å². The number of benzene rings is 1. The van der Waals surface area contributed by atoms with Gasteiger partial charge in [0.15, 0.2) is 0 Å². The number of piperidine rings is 1. The van der Waals surface area contributed by atoms with Gasteiger partial charge in [0, 0.05) is 63.2 Å². The molecule has 5 heterocycles. The number of halogens is 3. The first kappa shape index (κ1) is 31.5. The number of aliphatic hydroxyl groups excluding tert-OH is 1. The van der Waals surface area contributed by atoms with Gasteiger partial charge in [-0.05, 0) is 61.7 Å². The van der Waals surface area contributed by atoms with E-state index in [1.165, 1.54) is 22.0 Å². The maximum atomic E-state index is 13.2. The monoisotopic (exact) mass is 645 g/mol. The molecule has 6 rings (SSSR count). The molecule has 0 spiro atoms. The first-order valence-corrected chi connectivity index (χ1v) is 16.9. The van der Waals surface area contributed by atoms with E-state index < -0.39 is 27.9 Å². The van der Waals surface area contributed by atoms with Crippen molar-refractivity contribution in [1.82, 2.24) is 29.0 Å². The lowest BCUT2D eigenvalue weighted by Gasteiger charge is -2.33. The van der Waals surface area contributed by atoms with Crippen molar-refractivity contribution >= 4 is 26.9 Å². The Morgan fingerprint density at radius 1 is 1.07 bits per heavy atom. The van der Waals surface area contributed by atoms with Crippen LogP contribution in [0.25, 0.3) is 22.3 Å². The van der Waals surface area contributed by atoms with Crippen molar-refractivity contribution in [3.05, 3.63) is 65.0 Å². The summed E-state index contributed by atoms with van der Waals surface area (Å²) >= 11 is 0. The van der Waals surface area contributed by atoms with Gasteiger partial charge in [0.05, 0.1) is 41.2 Å². The Morgan fingerprint density at radius 3 is 2.42 bits per heavy atom. The summed E-state index contributed by atoms with van der Waals surface area (Å²) in [4.78, 5) is 12.4. The summed E-state index contributed by atoms with van der Waals surface area (Å²) in [6.45, 7) is 2.63. The van der Waals surface area contributed by atoms with Crippen molar-refractivity contribution in [1.29, 1.82) is 0 Å². The van der Waals surface area contributed by atoms with Crippen LogP contribution < -0.4 is 4.90 Å². The summed E-state index contributed by atoms with van der Waals surface area (Å²) in [6, 6.07) is 8.79. The van der Waals surface area contributed by atoms with Crippen molar-refractivity contribution < 1.29 is 26.7 Å². The van der Waals surface area contributed by atoms with Gasteiger partial charge in [-0.2, -0.15) is 22.6 Å². The number of hydrogen-bond donors (Lipinski definition) is 2. The highest BCUT2D eigenvalue weighted by Gasteiger charge is 2.33. The average molecular weight is 646 g/mol. The number of nitrogens with one attached hydrogen (secondary N) is 1. The minimum absolute atomic E-state index is 0.0763. The fourth-order valence-corrected chi connectivity index (χ4v) is 7.29. The average Bonchev–Trinajstić information content (AvgIpc) is 3.57. The molecule has 1 atom stereocenters. The van der Waals surface area contributed by atoms with Gasteiger partial charge in [0.2, 0.25) is 10.0 Å². The molecule has 1 fully saturated rings. The van der Waals surface area contributed by atoms with Gasteiger partial charge < -0.3 is 19.9 Å². The molecule has 1 unspecified atom stereocenters. The predicted molar refractivity (Wildman–Crippen MR) is 166 cm³/mol. The van der Waals surface area contributed by atoms with Gasteiger partial charge in [0.25, 0.3) is 0 Å². The zero-order chi connectivity index (χ0) is 32.1. The van der Waals surface area contributed by atoms with Crippen LogP contribution in [0.1, 0.15) is 41.1 Å². The Hall–Kier alpha value is -3.46. The van der Waals surface area contributed by atoms with Crippen molar-refractivity contribution in [2.45, 2.75) is 50.6 Å². The van der Waals surface area contributed by atoms with Crippen molar-refractivity contribution in [2.24, 2.45) is 0 Å². The SMILES string of the molecule is CN(C)c1ccc2[nH]cc(C3CCN(CC(O)Cn4nc(-c5ccc(C(F)(F)F)cc5)c5c4CCN(S(C)(=O)=O)C5)CC3)c2n1. The lowest BCUT2D eigenvalue weighted by Crippen LogP contribution is -2.40. The number of anilines is 1. The number of aliphatic hydroxyl groups is 1. The molecule has 2 N–H and O–H groups in total. The zero-order valence-electron chi connectivity index (χ0n) is 25.5. The molecule has 45 heavy (non-hydrogen) atoms. The third-order valence-corrected chi connectivity index (χ3v) is 10.2. The van der Waals surface area contributed by atoms with Gasteiger partial charge in [-0.3, -0.25) is 4.68 Å². The van der Waals surface area contributed by atoms with Crippen LogP contribution in [0.4, 0.5) is 19.0 Å². The smallest absolute Gasteiger partial charge is 0.390 e. The zero-order valence-corrected chi connectivity index (χ0v) is 26.4. The Bertz CT molecular complexity index is 1780. The van der Waals surface area contributed by atoms with E-state index in [0.717, 1.165) is 66.9 Å². The van der Waals surface area contributed by atoms with Crippen LogP contribution in [-0.2, 0) is 35.7 Å². The maximum Gasteiger partial charge on any atom is 0.416 e. The molecule has 1 aromatic carbocycles. The van der Waals surface area contributed by atoms with E-state index in [1.54, 1.807) is 4.68 Å². The molecule has 2 aliphatic heterocycles. The molecule has 0 saturated carbocycles. The first-order valence-electron chi connectivity index (χ1n) is 15.0. The summed E-state index contributed by atoms with van der Waals surface area (Å²) < 4.78 is 67.3. The molecule has 2 aliphatic rings. The molecule has 10 nitrogen and oxygen atoms in total. The quantitative estimate of drug-likeness (QED) is 0.297. The number of sulfonamides is 1. The lowest BCUT2D eigenvalue weighted by atomic mass is 9.90. The molecule has 242 valence electrons. The molecule has 1 saturated heterocycles. The van der Waals surface area contributed by atoms with Gasteiger partial charge in [-0.25, -0.2) is 13.4 Å². The summed E-state index contributed by atoms with van der Waals surface area (Å²) in [6.07, 6.45) is 0.258. The second-order valence-corrected chi connectivity index (χ2v) is 14.3. The van der Waals surface area contributed by atoms with Crippen LogP contribution in [0.2, 0.25) is 0 Å². The van der Waals surface area contributed by atoms with E-state index in [4.69, 9.17) is 10.1 Å². The number of aromatic nitrogens is 4. The number of alkyl halides is 3. The molecule has 0 aliphatic carbocycles. The Balaban J connectivity index is 1.15. The highest BCUT2D eigenvalue weighted by molar-refractivity contribution is 7.88. The number of nitrogens with zero attached hydrogens (tertiary/aromatic N) is 6. The molecule has 4 aromatic rings. The molecule has 14 heteroatoms. The fraction of sp³-hybridized carbons (Fsp3) is 0.484. The third-order valence-electron chi connectivity index (χ3n) is 8.93. The number of fused-ring (bicyclic) bond motifs is 2. The van der Waals surface area contributed by atoms with Crippen LogP contribution in [0.3, 0.4) is 0 Å². The summed E-state index contributed by atoms with van der Waals surface area (Å²) in [5, 5.41) is 15.9. The highest BCUT2D eigenvalue weighted by Crippen LogP contribution is 2.35. The molecule has 3 aromatic heterocycles. The van der Waals surface area contributed by atoms with Gasteiger partial charge >= 0.3 is 6.18 Å². The topological polar surface area (TPSA) is 111 Å². The van der Waals surface area contributed by atoms with Crippen molar-refractivity contribution in [3.8, 4) is 11.3 Å². The number of aromatic amines is 1. The summed E-state index contributed by atoms with van der Waals surface area (Å²) in [7, 11) is 0.468. The maximum absolute atomic E-state index is 13.2. The predicted octanol–water partition coefficient (Wildman–Crippen LogP) is 4.07. The van der Waals surface area contributed by atoms with Crippen LogP contribution in [0.15, 0.2) is 42.6 Å². The van der Waals surface area contributed by atoms with Crippen LogP contribution in [-0.4, -0.2) is 95.1 Å². The van der Waals surface area contributed by atoms with Crippen molar-refractivity contribution in [3.63, 3.8) is 0 Å². The largest absolute Gasteiger partial charge is 0.416 e. The first-order chi connectivity index (χ1) is 21.3. The van der Waals surface area contributed by atoms with Gasteiger partial charge in [-0.1, -0.05) is 12.1 Å². The number of likely N-dealkylation sites (tertiary alicyclic amines) is 1. The molecular formula is C31H38F3N7O3S. The lowest BCUT2D eigenvalue weighted by molar-refractivity contribution is -0.137. The van der Waals surface area contributed by atoms with E-state index in [1.807, 2.05) is 25.1 Å². The van der Waals surface area contributed by atoms with E-state index in [-0.39, 0.29) is 19.6 Å². The minimum atomic E-state index is -4.47. The number of β-amino-alcohol motifs (C(OH)–C–C–N with tert-alkyl or cyclic N) is 1. The molecule has 0 bridgehead atoms. The number of pyridine rings is 1. The standard InChI is InChI=1S/C31H38F3N7O3S/c1-38(2)28-9-8-26-30(36-28)24(16-35-26)20-10-13-39(14-11-20)17-23(42)18-41-27-12-15-40(45(3,43)44)19-25(27)29(37-41)21-4-6-22(7-5-21)31(32,33)34/h4-9,16,20,23,35,42H,10-15,17-19H2,1-3H3. The number of rotatable bonds is 8. The normalized spacial score (nSPS) is 17.9. The molecule has 0 radical (unpaired) electrons. The third kappa shape index (κ3) is 6.60. The molecule has 0 amide bonds. The van der Waals surface area contributed by atoms with Crippen LogP contribution >= 0.6 is 0 Å². The van der Waals surface area contributed by atoms with Crippen LogP contribution in [0.5, 0.6) is 0 Å². The second-order valence-electron chi connectivity index (χ2n) is 12.3. The summed E-state index contributed by atoms with van der Waals surface area (Å²) in [5.74, 6) is 1.27.